The minimum Gasteiger partial charge on any atom is -0.387 e. The summed E-state index contributed by atoms with van der Waals surface area (Å²) < 4.78 is 36.3. The molecule has 0 aliphatic carbocycles. The number of hydrogen-bond acceptors (Lipinski definition) is 8. The van der Waals surface area contributed by atoms with E-state index in [0.717, 1.165) is 38.5 Å². The summed E-state index contributed by atoms with van der Waals surface area (Å²) in [5.41, 5.74) is -0.515. The highest BCUT2D eigenvalue weighted by atomic mass is 16.7. The first-order valence-electron chi connectivity index (χ1n) is 15.9. The molecule has 2 saturated heterocycles. The van der Waals surface area contributed by atoms with Gasteiger partial charge in [0.25, 0.3) is 0 Å². The van der Waals surface area contributed by atoms with E-state index < -0.39 is 22.4 Å². The van der Waals surface area contributed by atoms with Crippen molar-refractivity contribution in [1.82, 2.24) is 0 Å². The summed E-state index contributed by atoms with van der Waals surface area (Å²) in [7, 11) is 3.24. The zero-order chi connectivity index (χ0) is 31.6. The van der Waals surface area contributed by atoms with Crippen molar-refractivity contribution in [2.24, 2.45) is 0 Å². The lowest BCUT2D eigenvalue weighted by Crippen LogP contribution is -2.48. The molecule has 0 aromatic rings. The monoisotopic (exact) mass is 598 g/mol. The van der Waals surface area contributed by atoms with Crippen LogP contribution in [0.1, 0.15) is 120 Å². The van der Waals surface area contributed by atoms with Gasteiger partial charge in [-0.05, 0) is 120 Å². The summed E-state index contributed by atoms with van der Waals surface area (Å²) in [5, 5.41) is 22.6. The molecule has 2 aliphatic heterocycles. The van der Waals surface area contributed by atoms with Gasteiger partial charge in [-0.15, -0.1) is 0 Å². The fraction of sp³-hybridized carbons (Fsp3) is 0.882. The Bertz CT molecular complexity index is 790. The van der Waals surface area contributed by atoms with Crippen molar-refractivity contribution in [3.05, 3.63) is 23.3 Å². The van der Waals surface area contributed by atoms with E-state index in [-0.39, 0.29) is 38.0 Å². The third-order valence-corrected chi connectivity index (χ3v) is 9.25. The summed E-state index contributed by atoms with van der Waals surface area (Å²) in [6, 6.07) is 0. The highest BCUT2D eigenvalue weighted by Gasteiger charge is 2.51. The largest absolute Gasteiger partial charge is 0.387 e. The summed E-state index contributed by atoms with van der Waals surface area (Å²) in [6.07, 6.45) is 10.5. The second kappa shape index (κ2) is 16.5. The average molecular weight is 599 g/mol. The lowest BCUT2D eigenvalue weighted by molar-refractivity contribution is -0.208. The molecule has 2 fully saturated rings. The van der Waals surface area contributed by atoms with Crippen molar-refractivity contribution < 1.29 is 38.6 Å². The Morgan fingerprint density at radius 2 is 1.12 bits per heavy atom. The smallest absolute Gasteiger partial charge is 0.146 e. The fourth-order valence-electron chi connectivity index (χ4n) is 6.43. The van der Waals surface area contributed by atoms with Crippen LogP contribution < -0.4 is 0 Å². The molecule has 42 heavy (non-hydrogen) atoms. The topological polar surface area (TPSA) is 95.8 Å². The Labute approximate surface area is 256 Å². The van der Waals surface area contributed by atoms with Crippen molar-refractivity contribution in [2.45, 2.75) is 166 Å². The number of methoxy groups -OCH3 is 2. The SMILES string of the molecule is COCO[C@H](CC[C@@H](OCOC)[C@]1(C)CC[C@H]([C@@](C)(O)CCC=C(C)C)O1)[C@]1(C)CC[C@H]([C@@](C)(O)CCC=C(C)C)O1. The van der Waals surface area contributed by atoms with Crippen LogP contribution in [0.4, 0.5) is 0 Å². The van der Waals surface area contributed by atoms with Gasteiger partial charge < -0.3 is 38.6 Å². The lowest BCUT2D eigenvalue weighted by Gasteiger charge is -2.39. The van der Waals surface area contributed by atoms with Crippen LogP contribution in [0, 0.1) is 0 Å². The van der Waals surface area contributed by atoms with Crippen LogP contribution in [0.5, 0.6) is 0 Å². The van der Waals surface area contributed by atoms with Gasteiger partial charge in [-0.3, -0.25) is 0 Å². The molecular weight excluding hydrogens is 536 g/mol. The second-order valence-electron chi connectivity index (χ2n) is 14.0. The van der Waals surface area contributed by atoms with Gasteiger partial charge in [-0.25, -0.2) is 0 Å². The minimum atomic E-state index is -0.928. The lowest BCUT2D eigenvalue weighted by atomic mass is 9.85. The average Bonchev–Trinajstić information content (AvgIpc) is 3.50. The molecule has 0 amide bonds. The van der Waals surface area contributed by atoms with Gasteiger partial charge in [0.15, 0.2) is 0 Å². The standard InChI is InChI=1S/C34H62O8/c1-25(2)13-11-19-31(5,35)27-17-21-33(7,41-27)29(39-23-37-9)15-16-30(40-24-38-10)34(8)22-18-28(42-34)32(6,36)20-12-14-26(3)4/h13-14,27-30,35-36H,11-12,15-24H2,1-10H3/t27-,28-,29-,30-,31+,32+,33+,34+/m1/s1. The third kappa shape index (κ3) is 11.0. The van der Waals surface area contributed by atoms with Crippen molar-refractivity contribution in [1.29, 1.82) is 0 Å². The Balaban J connectivity index is 2.13. The predicted molar refractivity (Wildman–Crippen MR) is 166 cm³/mol. The fourth-order valence-corrected chi connectivity index (χ4v) is 6.43. The van der Waals surface area contributed by atoms with Crippen LogP contribution in [0.3, 0.4) is 0 Å². The number of hydrogen-bond donors (Lipinski definition) is 2. The summed E-state index contributed by atoms with van der Waals surface area (Å²) >= 11 is 0. The first-order valence-corrected chi connectivity index (χ1v) is 15.9. The van der Waals surface area contributed by atoms with Crippen LogP contribution in [0.25, 0.3) is 0 Å². The molecule has 2 heterocycles. The van der Waals surface area contributed by atoms with Gasteiger partial charge in [-0.1, -0.05) is 23.3 Å². The zero-order valence-electron chi connectivity index (χ0n) is 28.3. The molecule has 8 nitrogen and oxygen atoms in total. The second-order valence-corrected chi connectivity index (χ2v) is 14.0. The molecule has 0 unspecified atom stereocenters. The van der Waals surface area contributed by atoms with Crippen LogP contribution in [0.15, 0.2) is 23.3 Å². The Hall–Kier alpha value is -0.840. The molecule has 8 heteroatoms. The number of allylic oxidation sites excluding steroid dienone is 4. The quantitative estimate of drug-likeness (QED) is 0.127. The summed E-state index contributed by atoms with van der Waals surface area (Å²) in [6.45, 7) is 16.5. The van der Waals surface area contributed by atoms with E-state index in [9.17, 15) is 10.2 Å². The maximum Gasteiger partial charge on any atom is 0.146 e. The van der Waals surface area contributed by atoms with E-state index >= 15 is 0 Å². The Morgan fingerprint density at radius 3 is 1.43 bits per heavy atom. The van der Waals surface area contributed by atoms with Crippen molar-refractivity contribution in [2.75, 3.05) is 27.8 Å². The van der Waals surface area contributed by atoms with E-state index in [1.807, 2.05) is 13.8 Å². The normalized spacial score (nSPS) is 30.4. The van der Waals surface area contributed by atoms with Crippen LogP contribution >= 0.6 is 0 Å². The van der Waals surface area contributed by atoms with Gasteiger partial charge in [0, 0.05) is 14.2 Å². The number of rotatable bonds is 19. The number of ether oxygens (including phenoxy) is 6. The summed E-state index contributed by atoms with van der Waals surface area (Å²) in [5.74, 6) is 0. The van der Waals surface area contributed by atoms with Gasteiger partial charge >= 0.3 is 0 Å². The van der Waals surface area contributed by atoms with E-state index in [4.69, 9.17) is 28.4 Å². The van der Waals surface area contributed by atoms with E-state index in [1.54, 1.807) is 14.2 Å². The van der Waals surface area contributed by atoms with Crippen molar-refractivity contribution >= 4 is 0 Å². The predicted octanol–water partition coefficient (Wildman–Crippen LogP) is 6.62. The van der Waals surface area contributed by atoms with Gasteiger partial charge in [-0.2, -0.15) is 0 Å². The maximum atomic E-state index is 11.3. The molecular formula is C34H62O8. The molecule has 0 saturated carbocycles. The molecule has 0 radical (unpaired) electrons. The van der Waals surface area contributed by atoms with E-state index in [0.29, 0.717) is 25.7 Å². The van der Waals surface area contributed by atoms with Crippen LogP contribution in [-0.2, 0) is 28.4 Å². The molecule has 2 aliphatic rings. The first-order chi connectivity index (χ1) is 19.6. The van der Waals surface area contributed by atoms with Crippen LogP contribution in [0.2, 0.25) is 0 Å². The van der Waals surface area contributed by atoms with E-state index in [2.05, 4.69) is 53.7 Å². The van der Waals surface area contributed by atoms with Crippen molar-refractivity contribution in [3.8, 4) is 0 Å². The molecule has 0 bridgehead atoms. The minimum absolute atomic E-state index is 0.152. The Morgan fingerprint density at radius 1 is 0.762 bits per heavy atom. The molecule has 0 spiro atoms. The molecule has 8 atom stereocenters. The molecule has 0 aromatic heterocycles. The van der Waals surface area contributed by atoms with Gasteiger partial charge in [0.2, 0.25) is 0 Å². The first kappa shape index (κ1) is 37.3. The zero-order valence-corrected chi connectivity index (χ0v) is 28.3. The highest BCUT2D eigenvalue weighted by Crippen LogP contribution is 2.44. The van der Waals surface area contributed by atoms with Gasteiger partial charge in [0.05, 0.1) is 46.8 Å². The maximum absolute atomic E-state index is 11.3. The van der Waals surface area contributed by atoms with Crippen LogP contribution in [-0.4, -0.2) is 84.8 Å². The number of aliphatic hydroxyl groups is 2. The summed E-state index contributed by atoms with van der Waals surface area (Å²) in [4.78, 5) is 0. The Kier molecular flexibility index (Phi) is 14.6. The molecule has 246 valence electrons. The van der Waals surface area contributed by atoms with Crippen molar-refractivity contribution in [3.63, 3.8) is 0 Å². The molecule has 2 N–H and O–H groups in total. The highest BCUT2D eigenvalue weighted by molar-refractivity contribution is 5.03. The third-order valence-electron chi connectivity index (χ3n) is 9.25. The molecule has 2 rings (SSSR count). The van der Waals surface area contributed by atoms with Gasteiger partial charge in [0.1, 0.15) is 13.6 Å². The molecule has 0 aromatic carbocycles. The van der Waals surface area contributed by atoms with E-state index in [1.165, 1.54) is 11.1 Å².